The highest BCUT2D eigenvalue weighted by Crippen LogP contribution is 2.35. The first-order chi connectivity index (χ1) is 12.7. The Kier molecular flexibility index (Phi) is 6.06. The fraction of sp³-hybridized carbons (Fsp3) is 0.136. The molecule has 0 saturated carbocycles. The van der Waals surface area contributed by atoms with Crippen LogP contribution in [0.2, 0.25) is 0 Å². The summed E-state index contributed by atoms with van der Waals surface area (Å²) in [6.07, 6.45) is 0. The molecule has 3 aromatic carbocycles. The second-order valence-electron chi connectivity index (χ2n) is 5.81. The highest BCUT2D eigenvalue weighted by Gasteiger charge is 2.43. The third kappa shape index (κ3) is 3.81. The molecule has 0 atom stereocenters. The first-order valence-electron chi connectivity index (χ1n) is 8.49. The Morgan fingerprint density at radius 2 is 1.38 bits per heavy atom. The number of carbonyl (C=O) groups is 1. The van der Waals surface area contributed by atoms with Crippen LogP contribution >= 0.6 is 22.6 Å². The molecule has 0 aromatic heterocycles. The Balaban J connectivity index is 2.09. The third-order valence-electron chi connectivity index (χ3n) is 4.14. The van der Waals surface area contributed by atoms with Gasteiger partial charge in [0.25, 0.3) is 5.91 Å². The van der Waals surface area contributed by atoms with Crippen molar-refractivity contribution in [1.82, 2.24) is 0 Å². The van der Waals surface area contributed by atoms with Gasteiger partial charge in [0.1, 0.15) is 0 Å². The van der Waals surface area contributed by atoms with Crippen LogP contribution < -0.4 is 5.32 Å². The zero-order chi connectivity index (χ0) is 18.4. The van der Waals surface area contributed by atoms with E-state index in [0.717, 1.165) is 20.4 Å². The van der Waals surface area contributed by atoms with E-state index in [2.05, 4.69) is 27.9 Å². The van der Waals surface area contributed by atoms with Gasteiger partial charge in [-0.15, -0.1) is 0 Å². The van der Waals surface area contributed by atoms with Crippen LogP contribution in [0.1, 0.15) is 18.1 Å². The standard InChI is InChI=1S/C22H20INO2/c1-2-26-22(17-9-5-3-6-10-17,18-11-7-4-8-12-18)21(25)24-20-15-13-19(23)14-16-20/h3-16H,2H2,1H3,(H,24,25). The molecule has 0 aliphatic rings. The van der Waals surface area contributed by atoms with Gasteiger partial charge in [-0.2, -0.15) is 0 Å². The lowest BCUT2D eigenvalue weighted by molar-refractivity contribution is -0.136. The van der Waals surface area contributed by atoms with Crippen LogP contribution in [-0.2, 0) is 15.1 Å². The van der Waals surface area contributed by atoms with Crippen LogP contribution in [0, 0.1) is 3.57 Å². The zero-order valence-electron chi connectivity index (χ0n) is 14.5. The van der Waals surface area contributed by atoms with Crippen LogP contribution in [0.5, 0.6) is 0 Å². The van der Waals surface area contributed by atoms with Crippen molar-refractivity contribution in [1.29, 1.82) is 0 Å². The molecule has 0 aliphatic carbocycles. The van der Waals surface area contributed by atoms with Gasteiger partial charge < -0.3 is 10.1 Å². The smallest absolute Gasteiger partial charge is 0.265 e. The molecule has 3 rings (SSSR count). The van der Waals surface area contributed by atoms with Gasteiger partial charge in [0.2, 0.25) is 0 Å². The van der Waals surface area contributed by atoms with Crippen molar-refractivity contribution in [2.45, 2.75) is 12.5 Å². The number of amides is 1. The predicted molar refractivity (Wildman–Crippen MR) is 113 cm³/mol. The summed E-state index contributed by atoms with van der Waals surface area (Å²) in [6.45, 7) is 2.31. The highest BCUT2D eigenvalue weighted by atomic mass is 127. The Morgan fingerprint density at radius 1 is 0.885 bits per heavy atom. The van der Waals surface area contributed by atoms with Crippen LogP contribution in [0.4, 0.5) is 5.69 Å². The first kappa shape index (κ1) is 18.6. The zero-order valence-corrected chi connectivity index (χ0v) is 16.6. The number of benzene rings is 3. The van der Waals surface area contributed by atoms with E-state index < -0.39 is 5.60 Å². The normalized spacial score (nSPS) is 11.2. The van der Waals surface area contributed by atoms with Gasteiger partial charge in [0, 0.05) is 15.9 Å². The van der Waals surface area contributed by atoms with E-state index in [1.807, 2.05) is 91.9 Å². The van der Waals surface area contributed by atoms with E-state index in [4.69, 9.17) is 4.74 Å². The van der Waals surface area contributed by atoms with Crippen LogP contribution in [-0.4, -0.2) is 12.5 Å². The van der Waals surface area contributed by atoms with Crippen LogP contribution in [0.15, 0.2) is 84.9 Å². The lowest BCUT2D eigenvalue weighted by atomic mass is 9.85. The van der Waals surface area contributed by atoms with E-state index in [0.29, 0.717) is 6.61 Å². The summed E-state index contributed by atoms with van der Waals surface area (Å²) in [6, 6.07) is 27.0. The molecule has 0 aliphatic heterocycles. The quantitative estimate of drug-likeness (QED) is 0.517. The van der Waals surface area contributed by atoms with Gasteiger partial charge in [-0.1, -0.05) is 60.7 Å². The molecule has 1 amide bonds. The second-order valence-corrected chi connectivity index (χ2v) is 7.05. The minimum atomic E-state index is -1.21. The van der Waals surface area contributed by atoms with Gasteiger partial charge in [-0.3, -0.25) is 4.79 Å². The summed E-state index contributed by atoms with van der Waals surface area (Å²) in [5.41, 5.74) is 1.14. The van der Waals surface area contributed by atoms with Crippen molar-refractivity contribution in [3.05, 3.63) is 99.6 Å². The lowest BCUT2D eigenvalue weighted by Gasteiger charge is -2.33. The van der Waals surface area contributed by atoms with Gasteiger partial charge in [-0.25, -0.2) is 0 Å². The number of halogens is 1. The first-order valence-corrected chi connectivity index (χ1v) is 9.56. The summed E-state index contributed by atoms with van der Waals surface area (Å²) in [5.74, 6) is -0.210. The number of carbonyl (C=O) groups excluding carboxylic acids is 1. The molecule has 4 heteroatoms. The molecule has 132 valence electrons. The maximum Gasteiger partial charge on any atom is 0.265 e. The summed E-state index contributed by atoms with van der Waals surface area (Å²) in [4.78, 5) is 13.5. The molecule has 0 radical (unpaired) electrons. The molecule has 0 bridgehead atoms. The molecular formula is C22H20INO2. The lowest BCUT2D eigenvalue weighted by Crippen LogP contribution is -2.44. The molecule has 3 aromatic rings. The molecular weight excluding hydrogens is 437 g/mol. The SMILES string of the molecule is CCOC(C(=O)Nc1ccc(I)cc1)(c1ccccc1)c1ccccc1. The average Bonchev–Trinajstić information content (AvgIpc) is 2.69. The largest absolute Gasteiger partial charge is 0.356 e. The van der Waals surface area contributed by atoms with Crippen molar-refractivity contribution in [3.8, 4) is 0 Å². The van der Waals surface area contributed by atoms with E-state index in [1.54, 1.807) is 0 Å². The molecule has 0 spiro atoms. The predicted octanol–water partition coefficient (Wildman–Crippen LogP) is 5.21. The number of ether oxygens (including phenoxy) is 1. The van der Waals surface area contributed by atoms with Gasteiger partial charge in [0.15, 0.2) is 5.60 Å². The maximum absolute atomic E-state index is 13.5. The van der Waals surface area contributed by atoms with Gasteiger partial charge in [-0.05, 0) is 64.9 Å². The second kappa shape index (κ2) is 8.47. The van der Waals surface area contributed by atoms with Crippen molar-refractivity contribution in [2.24, 2.45) is 0 Å². The monoisotopic (exact) mass is 457 g/mol. The summed E-state index contributed by atoms with van der Waals surface area (Å²) in [5, 5.41) is 3.02. The number of hydrogen-bond donors (Lipinski definition) is 1. The Labute approximate surface area is 167 Å². The molecule has 3 nitrogen and oxygen atoms in total. The maximum atomic E-state index is 13.5. The Morgan fingerprint density at radius 3 is 1.85 bits per heavy atom. The summed E-state index contributed by atoms with van der Waals surface area (Å²) >= 11 is 2.24. The molecule has 26 heavy (non-hydrogen) atoms. The van der Waals surface area contributed by atoms with Gasteiger partial charge in [0.05, 0.1) is 0 Å². The van der Waals surface area contributed by atoms with Crippen molar-refractivity contribution >= 4 is 34.2 Å². The minimum Gasteiger partial charge on any atom is -0.356 e. The minimum absolute atomic E-state index is 0.210. The summed E-state index contributed by atoms with van der Waals surface area (Å²) in [7, 11) is 0. The summed E-state index contributed by atoms with van der Waals surface area (Å²) < 4.78 is 7.26. The molecule has 0 saturated heterocycles. The molecule has 0 fully saturated rings. The fourth-order valence-electron chi connectivity index (χ4n) is 2.98. The van der Waals surface area contributed by atoms with Crippen molar-refractivity contribution in [3.63, 3.8) is 0 Å². The Bertz CT molecular complexity index is 809. The average molecular weight is 457 g/mol. The number of hydrogen-bond acceptors (Lipinski definition) is 2. The molecule has 0 unspecified atom stereocenters. The molecule has 1 N–H and O–H groups in total. The number of nitrogens with one attached hydrogen (secondary N) is 1. The third-order valence-corrected chi connectivity index (χ3v) is 4.86. The fourth-order valence-corrected chi connectivity index (χ4v) is 3.34. The van der Waals surface area contributed by atoms with E-state index in [-0.39, 0.29) is 5.91 Å². The van der Waals surface area contributed by atoms with Crippen LogP contribution in [0.3, 0.4) is 0 Å². The number of anilines is 1. The van der Waals surface area contributed by atoms with Crippen molar-refractivity contribution in [2.75, 3.05) is 11.9 Å². The molecule has 0 heterocycles. The highest BCUT2D eigenvalue weighted by molar-refractivity contribution is 14.1. The van der Waals surface area contributed by atoms with E-state index in [9.17, 15) is 4.79 Å². The van der Waals surface area contributed by atoms with E-state index in [1.165, 1.54) is 0 Å². The van der Waals surface area contributed by atoms with Crippen LogP contribution in [0.25, 0.3) is 0 Å². The Hall–Kier alpha value is -2.18. The number of rotatable bonds is 6. The van der Waals surface area contributed by atoms with Gasteiger partial charge >= 0.3 is 0 Å². The van der Waals surface area contributed by atoms with E-state index >= 15 is 0 Å². The van der Waals surface area contributed by atoms with Crippen molar-refractivity contribution < 1.29 is 9.53 Å². The topological polar surface area (TPSA) is 38.3 Å².